The summed E-state index contributed by atoms with van der Waals surface area (Å²) < 4.78 is 7.86. The lowest BCUT2D eigenvalue weighted by atomic mass is 10.2. The molecule has 1 aromatic carbocycles. The van der Waals surface area contributed by atoms with Crippen molar-refractivity contribution in [3.05, 3.63) is 59.4 Å². The van der Waals surface area contributed by atoms with Gasteiger partial charge in [0.25, 0.3) is 5.91 Å². The molecule has 1 aliphatic heterocycles. The third kappa shape index (κ3) is 5.79. The fraction of sp³-hybridized carbons (Fsp3) is 0.333. The van der Waals surface area contributed by atoms with Crippen molar-refractivity contribution >= 4 is 33.6 Å². The second kappa shape index (κ2) is 10.8. The van der Waals surface area contributed by atoms with Gasteiger partial charge in [0.2, 0.25) is 10.3 Å². The van der Waals surface area contributed by atoms with Crippen LogP contribution in [0.2, 0.25) is 0 Å². The lowest BCUT2D eigenvalue weighted by Gasteiger charge is -2.11. The lowest BCUT2D eigenvalue weighted by molar-refractivity contribution is -0.112. The number of nitriles is 1. The van der Waals surface area contributed by atoms with Crippen LogP contribution in [0.1, 0.15) is 30.5 Å². The number of anilines is 2. The van der Waals surface area contributed by atoms with Gasteiger partial charge in [0.05, 0.1) is 6.61 Å². The molecular formula is C24H26N6O2S. The molecule has 170 valence electrons. The molecule has 0 bridgehead atoms. The van der Waals surface area contributed by atoms with Gasteiger partial charge < -0.3 is 14.2 Å². The van der Waals surface area contributed by atoms with Crippen LogP contribution < -0.4 is 15.0 Å². The Labute approximate surface area is 197 Å². The van der Waals surface area contributed by atoms with Crippen molar-refractivity contribution in [3.8, 4) is 11.8 Å². The molecule has 2 aromatic heterocycles. The summed E-state index contributed by atoms with van der Waals surface area (Å²) in [5.41, 5.74) is 1.91. The van der Waals surface area contributed by atoms with Crippen LogP contribution in [0.3, 0.4) is 0 Å². The third-order valence-corrected chi connectivity index (χ3v) is 6.33. The lowest BCUT2D eigenvalue weighted by Crippen LogP contribution is -2.17. The number of hydrogen-bond donors (Lipinski definition) is 1. The number of para-hydroxylation sites is 1. The smallest absolute Gasteiger partial charge is 0.268 e. The van der Waals surface area contributed by atoms with Gasteiger partial charge in [-0.3, -0.25) is 10.1 Å². The number of benzene rings is 1. The van der Waals surface area contributed by atoms with Gasteiger partial charge in [0.15, 0.2) is 0 Å². The van der Waals surface area contributed by atoms with Crippen LogP contribution >= 0.6 is 11.3 Å². The van der Waals surface area contributed by atoms with Crippen LogP contribution in [0.4, 0.5) is 10.3 Å². The molecule has 1 aliphatic rings. The van der Waals surface area contributed by atoms with E-state index in [1.807, 2.05) is 60.2 Å². The predicted octanol–water partition coefficient (Wildman–Crippen LogP) is 4.26. The molecule has 0 saturated carbocycles. The summed E-state index contributed by atoms with van der Waals surface area (Å²) >= 11 is 1.33. The molecule has 1 saturated heterocycles. The van der Waals surface area contributed by atoms with Crippen molar-refractivity contribution in [2.45, 2.75) is 32.7 Å². The molecule has 0 radical (unpaired) electrons. The monoisotopic (exact) mass is 462 g/mol. The standard InChI is InChI=1S/C24H26N6O2S/c1-18-8-2-3-10-21(18)32-15-7-14-29-13-6-9-20(29)16-19(17-25)22(31)26-23-27-28-24(33-23)30-11-4-5-12-30/h2-3,6,8-10,13,16H,4-5,7,11-12,14-15H2,1H3,(H,26,27,31)/b19-16-. The quantitative estimate of drug-likeness (QED) is 0.290. The van der Waals surface area contributed by atoms with Crippen molar-refractivity contribution in [1.29, 1.82) is 5.26 Å². The number of amides is 1. The number of aromatic nitrogens is 3. The summed E-state index contributed by atoms with van der Waals surface area (Å²) in [7, 11) is 0. The van der Waals surface area contributed by atoms with Crippen LogP contribution in [0.15, 0.2) is 48.2 Å². The van der Waals surface area contributed by atoms with E-state index in [9.17, 15) is 10.1 Å². The number of ether oxygens (including phenoxy) is 1. The van der Waals surface area contributed by atoms with E-state index in [1.165, 1.54) is 11.3 Å². The van der Waals surface area contributed by atoms with E-state index in [0.29, 0.717) is 18.3 Å². The molecule has 9 heteroatoms. The van der Waals surface area contributed by atoms with Gasteiger partial charge in [-0.2, -0.15) is 5.26 Å². The van der Waals surface area contributed by atoms with Crippen molar-refractivity contribution in [1.82, 2.24) is 14.8 Å². The first-order valence-corrected chi connectivity index (χ1v) is 11.8. The van der Waals surface area contributed by atoms with Crippen LogP contribution in [0, 0.1) is 18.3 Å². The second-order valence-corrected chi connectivity index (χ2v) is 8.76. The fourth-order valence-corrected chi connectivity index (χ4v) is 4.45. The number of nitrogens with one attached hydrogen (secondary N) is 1. The Morgan fingerprint density at radius 2 is 2.06 bits per heavy atom. The van der Waals surface area contributed by atoms with Gasteiger partial charge >= 0.3 is 0 Å². The zero-order valence-electron chi connectivity index (χ0n) is 18.5. The van der Waals surface area contributed by atoms with Gasteiger partial charge in [-0.05, 0) is 56.0 Å². The molecule has 3 aromatic rings. The maximum Gasteiger partial charge on any atom is 0.268 e. The Balaban J connectivity index is 1.34. The maximum atomic E-state index is 12.7. The van der Waals surface area contributed by atoms with E-state index in [-0.39, 0.29) is 5.57 Å². The molecule has 1 N–H and O–H groups in total. The SMILES string of the molecule is Cc1ccccc1OCCCn1cccc1/C=C(/C#N)C(=O)Nc1nnc(N2CCCC2)s1. The van der Waals surface area contributed by atoms with E-state index in [0.717, 1.165) is 54.5 Å². The highest BCUT2D eigenvalue weighted by Gasteiger charge is 2.18. The normalized spacial score (nSPS) is 13.7. The topological polar surface area (TPSA) is 96.1 Å². The molecule has 3 heterocycles. The van der Waals surface area contributed by atoms with Crippen molar-refractivity contribution in [2.75, 3.05) is 29.9 Å². The molecule has 0 spiro atoms. The van der Waals surface area contributed by atoms with Gasteiger partial charge in [-0.1, -0.05) is 29.5 Å². The van der Waals surface area contributed by atoms with Crippen LogP contribution in [-0.2, 0) is 11.3 Å². The van der Waals surface area contributed by atoms with Crippen LogP contribution in [-0.4, -0.2) is 40.4 Å². The van der Waals surface area contributed by atoms with E-state index in [1.54, 1.807) is 6.08 Å². The van der Waals surface area contributed by atoms with E-state index in [4.69, 9.17) is 4.74 Å². The Bertz CT molecular complexity index is 1170. The molecule has 0 aliphatic carbocycles. The predicted molar refractivity (Wildman–Crippen MR) is 129 cm³/mol. The molecule has 33 heavy (non-hydrogen) atoms. The molecule has 1 amide bonds. The maximum absolute atomic E-state index is 12.7. The Morgan fingerprint density at radius 3 is 2.85 bits per heavy atom. The summed E-state index contributed by atoms with van der Waals surface area (Å²) in [6.07, 6.45) is 6.60. The summed E-state index contributed by atoms with van der Waals surface area (Å²) in [6, 6.07) is 13.7. The number of nitrogens with zero attached hydrogens (tertiary/aromatic N) is 5. The molecule has 0 atom stereocenters. The second-order valence-electron chi connectivity index (χ2n) is 7.80. The summed E-state index contributed by atoms with van der Waals surface area (Å²) in [5, 5.41) is 21.7. The Morgan fingerprint density at radius 1 is 1.24 bits per heavy atom. The summed E-state index contributed by atoms with van der Waals surface area (Å²) in [6.45, 7) is 5.22. The largest absolute Gasteiger partial charge is 0.493 e. The highest BCUT2D eigenvalue weighted by molar-refractivity contribution is 7.19. The van der Waals surface area contributed by atoms with Gasteiger partial charge in [-0.15, -0.1) is 10.2 Å². The number of carbonyl (C=O) groups excluding carboxylic acids is 1. The molecular weight excluding hydrogens is 436 g/mol. The Hall–Kier alpha value is -3.64. The zero-order chi connectivity index (χ0) is 23.0. The van der Waals surface area contributed by atoms with Gasteiger partial charge in [0, 0.05) is 31.5 Å². The molecule has 4 rings (SSSR count). The first-order valence-electron chi connectivity index (χ1n) is 11.0. The minimum atomic E-state index is -0.489. The van der Waals surface area contributed by atoms with Crippen LogP contribution in [0.25, 0.3) is 6.08 Å². The van der Waals surface area contributed by atoms with Crippen molar-refractivity contribution in [3.63, 3.8) is 0 Å². The summed E-state index contributed by atoms with van der Waals surface area (Å²) in [5.74, 6) is 0.399. The first kappa shape index (κ1) is 22.6. The van der Waals surface area contributed by atoms with E-state index in [2.05, 4.69) is 20.4 Å². The average Bonchev–Trinajstić information content (AvgIpc) is 3.58. The zero-order valence-corrected chi connectivity index (χ0v) is 19.3. The summed E-state index contributed by atoms with van der Waals surface area (Å²) in [4.78, 5) is 14.8. The van der Waals surface area contributed by atoms with Crippen molar-refractivity contribution < 1.29 is 9.53 Å². The first-order chi connectivity index (χ1) is 16.1. The van der Waals surface area contributed by atoms with Crippen LogP contribution in [0.5, 0.6) is 5.75 Å². The third-order valence-electron chi connectivity index (χ3n) is 5.43. The fourth-order valence-electron chi connectivity index (χ4n) is 3.66. The minimum Gasteiger partial charge on any atom is -0.493 e. The number of carbonyl (C=O) groups is 1. The number of aryl methyl sites for hydroxylation is 2. The number of rotatable bonds is 9. The highest BCUT2D eigenvalue weighted by atomic mass is 32.1. The van der Waals surface area contributed by atoms with Crippen molar-refractivity contribution in [2.24, 2.45) is 0 Å². The molecule has 0 unspecified atom stereocenters. The molecule has 1 fully saturated rings. The molecule has 8 nitrogen and oxygen atoms in total. The Kier molecular flexibility index (Phi) is 7.37. The minimum absolute atomic E-state index is 0.0176. The highest BCUT2D eigenvalue weighted by Crippen LogP contribution is 2.27. The average molecular weight is 463 g/mol. The van der Waals surface area contributed by atoms with Gasteiger partial charge in [0.1, 0.15) is 17.4 Å². The van der Waals surface area contributed by atoms with E-state index < -0.39 is 5.91 Å². The van der Waals surface area contributed by atoms with E-state index >= 15 is 0 Å². The van der Waals surface area contributed by atoms with Gasteiger partial charge in [-0.25, -0.2) is 0 Å². The number of hydrogen-bond acceptors (Lipinski definition) is 7.